The van der Waals surface area contributed by atoms with Crippen LogP contribution in [0.15, 0.2) is 4.47 Å². The number of nitrogens with one attached hydrogen (secondary N) is 1. The smallest absolute Gasteiger partial charge is 0.0829 e. The first-order valence-electron chi connectivity index (χ1n) is 7.19. The Morgan fingerprint density at radius 1 is 1.38 bits per heavy atom. The first-order chi connectivity index (χ1) is 9.99. The van der Waals surface area contributed by atoms with E-state index in [0.29, 0.717) is 5.92 Å². The molecule has 7 heteroatoms. The Morgan fingerprint density at radius 3 is 2.62 bits per heavy atom. The van der Waals surface area contributed by atoms with Gasteiger partial charge in [0.25, 0.3) is 0 Å². The van der Waals surface area contributed by atoms with Crippen molar-refractivity contribution in [3.8, 4) is 0 Å². The number of hydrogen-bond acceptors (Lipinski definition) is 5. The van der Waals surface area contributed by atoms with Gasteiger partial charge in [-0.3, -0.25) is 4.68 Å². The van der Waals surface area contributed by atoms with Crippen molar-refractivity contribution in [3.63, 3.8) is 0 Å². The number of nitrogens with zero attached hydrogens (tertiary/aromatic N) is 4. The van der Waals surface area contributed by atoms with E-state index in [9.17, 15) is 0 Å². The standard InChI is InChI=1S/C14H22BrN5S/c1-6-9-12(15)11(20(5)18-9)7-10(16-4)14-13(8(2)3)17-19-21-14/h8,10,16H,6-7H2,1-5H3. The minimum atomic E-state index is 0.207. The third-order valence-corrected chi connectivity index (χ3v) is 5.42. The molecule has 2 aromatic rings. The lowest BCUT2D eigenvalue weighted by Crippen LogP contribution is -2.21. The lowest BCUT2D eigenvalue weighted by atomic mass is 10.0. The van der Waals surface area contributed by atoms with Crippen LogP contribution >= 0.6 is 27.5 Å². The van der Waals surface area contributed by atoms with E-state index in [0.717, 1.165) is 28.7 Å². The maximum atomic E-state index is 4.57. The molecule has 0 radical (unpaired) electrons. The Bertz CT molecular complexity index is 605. The highest BCUT2D eigenvalue weighted by Gasteiger charge is 2.23. The third-order valence-electron chi connectivity index (χ3n) is 3.65. The van der Waals surface area contributed by atoms with E-state index in [4.69, 9.17) is 0 Å². The Labute approximate surface area is 138 Å². The molecular formula is C14H22BrN5S. The van der Waals surface area contributed by atoms with Crippen molar-refractivity contribution >= 4 is 27.5 Å². The summed E-state index contributed by atoms with van der Waals surface area (Å²) in [5.74, 6) is 0.385. The van der Waals surface area contributed by atoms with Crippen LogP contribution in [-0.4, -0.2) is 26.4 Å². The van der Waals surface area contributed by atoms with Crippen molar-refractivity contribution in [3.05, 3.63) is 26.4 Å². The fourth-order valence-electron chi connectivity index (χ4n) is 2.41. The van der Waals surface area contributed by atoms with Crippen molar-refractivity contribution in [1.29, 1.82) is 0 Å². The molecule has 0 fully saturated rings. The molecule has 0 aromatic carbocycles. The summed E-state index contributed by atoms with van der Waals surface area (Å²) in [6, 6.07) is 0.207. The zero-order valence-corrected chi connectivity index (χ0v) is 15.5. The van der Waals surface area contributed by atoms with Crippen LogP contribution in [0.2, 0.25) is 0 Å². The summed E-state index contributed by atoms with van der Waals surface area (Å²) in [4.78, 5) is 1.22. The van der Waals surface area contributed by atoms with Gasteiger partial charge >= 0.3 is 0 Å². The van der Waals surface area contributed by atoms with Gasteiger partial charge in [0, 0.05) is 13.5 Å². The van der Waals surface area contributed by atoms with E-state index in [1.807, 2.05) is 18.8 Å². The highest BCUT2D eigenvalue weighted by molar-refractivity contribution is 9.10. The van der Waals surface area contributed by atoms with Crippen molar-refractivity contribution in [2.24, 2.45) is 7.05 Å². The van der Waals surface area contributed by atoms with Gasteiger partial charge in [0.1, 0.15) is 0 Å². The molecule has 2 heterocycles. The second kappa shape index (κ2) is 6.98. The van der Waals surface area contributed by atoms with Crippen LogP contribution in [0.4, 0.5) is 0 Å². The van der Waals surface area contributed by atoms with E-state index >= 15 is 0 Å². The van der Waals surface area contributed by atoms with Gasteiger partial charge < -0.3 is 5.32 Å². The molecule has 1 atom stereocenters. The lowest BCUT2D eigenvalue weighted by molar-refractivity contribution is 0.559. The van der Waals surface area contributed by atoms with Gasteiger partial charge in [-0.15, -0.1) is 5.10 Å². The molecule has 0 aliphatic heterocycles. The Hall–Kier alpha value is -0.790. The second-order valence-corrected chi connectivity index (χ2v) is 6.99. The third kappa shape index (κ3) is 3.35. The summed E-state index contributed by atoms with van der Waals surface area (Å²) in [7, 11) is 3.99. The molecule has 0 amide bonds. The highest BCUT2D eigenvalue weighted by Crippen LogP contribution is 2.31. The first kappa shape index (κ1) is 16.6. The number of rotatable bonds is 6. The van der Waals surface area contributed by atoms with Gasteiger partial charge in [0.15, 0.2) is 0 Å². The summed E-state index contributed by atoms with van der Waals surface area (Å²) in [5, 5.41) is 12.3. The molecule has 2 rings (SSSR count). The lowest BCUT2D eigenvalue weighted by Gasteiger charge is -2.17. The average Bonchev–Trinajstić information content (AvgIpc) is 3.03. The number of aryl methyl sites for hydroxylation is 2. The largest absolute Gasteiger partial charge is 0.312 e. The molecule has 0 spiro atoms. The van der Waals surface area contributed by atoms with E-state index < -0.39 is 0 Å². The number of likely N-dealkylation sites (N-methyl/N-ethyl adjacent to an activating group) is 1. The molecule has 0 bridgehead atoms. The van der Waals surface area contributed by atoms with E-state index in [1.54, 1.807) is 0 Å². The van der Waals surface area contributed by atoms with E-state index in [-0.39, 0.29) is 6.04 Å². The Balaban J connectivity index is 2.31. The zero-order valence-electron chi connectivity index (χ0n) is 13.1. The molecule has 5 nitrogen and oxygen atoms in total. The van der Waals surface area contributed by atoms with Gasteiger partial charge in [-0.05, 0) is 46.8 Å². The van der Waals surface area contributed by atoms with Gasteiger partial charge in [0.05, 0.1) is 32.5 Å². The van der Waals surface area contributed by atoms with E-state index in [2.05, 4.69) is 56.7 Å². The van der Waals surface area contributed by atoms with Crippen molar-refractivity contribution in [1.82, 2.24) is 24.7 Å². The topological polar surface area (TPSA) is 55.6 Å². The van der Waals surface area contributed by atoms with Crippen molar-refractivity contribution < 1.29 is 0 Å². The summed E-state index contributed by atoms with van der Waals surface area (Å²) >= 11 is 5.18. The SMILES string of the molecule is CCc1nn(C)c(CC(NC)c2snnc2C(C)C)c1Br. The Kier molecular flexibility index (Phi) is 5.51. The predicted octanol–water partition coefficient (Wildman–Crippen LogP) is 3.22. The van der Waals surface area contributed by atoms with Crippen molar-refractivity contribution in [2.75, 3.05) is 7.05 Å². The van der Waals surface area contributed by atoms with Crippen LogP contribution in [0.3, 0.4) is 0 Å². The number of aromatic nitrogens is 4. The maximum Gasteiger partial charge on any atom is 0.0829 e. The fraction of sp³-hybridized carbons (Fsp3) is 0.643. The van der Waals surface area contributed by atoms with Gasteiger partial charge in [-0.25, -0.2) is 0 Å². The molecule has 116 valence electrons. The van der Waals surface area contributed by atoms with Crippen LogP contribution < -0.4 is 5.32 Å². The van der Waals surface area contributed by atoms with Crippen LogP contribution in [0, 0.1) is 0 Å². The molecule has 0 saturated carbocycles. The first-order valence-corrected chi connectivity index (χ1v) is 8.75. The van der Waals surface area contributed by atoms with E-state index in [1.165, 1.54) is 22.1 Å². The quantitative estimate of drug-likeness (QED) is 0.846. The maximum absolute atomic E-state index is 4.57. The van der Waals surface area contributed by atoms with Gasteiger partial charge in [-0.1, -0.05) is 25.3 Å². The number of halogens is 1. The fourth-order valence-corrected chi connectivity index (χ4v) is 4.10. The van der Waals surface area contributed by atoms with Gasteiger partial charge in [-0.2, -0.15) is 5.10 Å². The van der Waals surface area contributed by atoms with Crippen LogP contribution in [-0.2, 0) is 19.9 Å². The predicted molar refractivity (Wildman–Crippen MR) is 89.8 cm³/mol. The van der Waals surface area contributed by atoms with Crippen LogP contribution in [0.25, 0.3) is 0 Å². The molecule has 0 saturated heterocycles. The van der Waals surface area contributed by atoms with Crippen LogP contribution in [0.5, 0.6) is 0 Å². The minimum absolute atomic E-state index is 0.207. The molecular weight excluding hydrogens is 350 g/mol. The van der Waals surface area contributed by atoms with Crippen LogP contribution in [0.1, 0.15) is 54.7 Å². The summed E-state index contributed by atoms with van der Waals surface area (Å²) in [6.07, 6.45) is 1.79. The second-order valence-electron chi connectivity index (χ2n) is 5.41. The monoisotopic (exact) mass is 371 g/mol. The molecule has 2 aromatic heterocycles. The Morgan fingerprint density at radius 2 is 2.10 bits per heavy atom. The zero-order chi connectivity index (χ0) is 15.6. The molecule has 21 heavy (non-hydrogen) atoms. The molecule has 0 aliphatic rings. The highest BCUT2D eigenvalue weighted by atomic mass is 79.9. The minimum Gasteiger partial charge on any atom is -0.312 e. The number of hydrogen-bond donors (Lipinski definition) is 1. The summed E-state index contributed by atoms with van der Waals surface area (Å²) in [6.45, 7) is 6.43. The molecule has 1 unspecified atom stereocenters. The average molecular weight is 372 g/mol. The summed E-state index contributed by atoms with van der Waals surface area (Å²) in [5.41, 5.74) is 3.40. The van der Waals surface area contributed by atoms with Crippen molar-refractivity contribution in [2.45, 2.75) is 45.6 Å². The van der Waals surface area contributed by atoms with Gasteiger partial charge in [0.2, 0.25) is 0 Å². The normalized spacial score (nSPS) is 13.1. The summed E-state index contributed by atoms with van der Waals surface area (Å²) < 4.78 is 7.23. The molecule has 1 N–H and O–H groups in total. The molecule has 0 aliphatic carbocycles.